The molecule has 0 saturated heterocycles. The Morgan fingerprint density at radius 1 is 1.24 bits per heavy atom. The number of amides is 2. The number of ketones is 1. The maximum Gasteiger partial charge on any atom is 0.273 e. The average molecular weight is 308 g/mol. The van der Waals surface area contributed by atoms with Gasteiger partial charge in [0.15, 0.2) is 5.69 Å². The number of nitrogens with zero attached hydrogens (tertiary/aromatic N) is 1. The Morgan fingerprint density at radius 2 is 1.90 bits per heavy atom. The van der Waals surface area contributed by atoms with Gasteiger partial charge in [-0.3, -0.25) is 14.4 Å². The maximum absolute atomic E-state index is 12.3. The van der Waals surface area contributed by atoms with Crippen molar-refractivity contribution in [2.24, 2.45) is 5.73 Å². The zero-order chi connectivity index (χ0) is 15.4. The third-order valence-electron chi connectivity index (χ3n) is 2.55. The summed E-state index contributed by atoms with van der Waals surface area (Å²) < 4.78 is 4.86. The van der Waals surface area contributed by atoms with E-state index in [0.717, 1.165) is 0 Å². The molecule has 2 rings (SSSR count). The lowest BCUT2D eigenvalue weighted by atomic mass is 10.1. The molecule has 8 heteroatoms. The third-order valence-corrected chi connectivity index (χ3v) is 2.80. The molecule has 2 amide bonds. The Bertz CT molecular complexity index is 697. The minimum atomic E-state index is -0.935. The fourth-order valence-electron chi connectivity index (χ4n) is 1.62. The van der Waals surface area contributed by atoms with Crippen LogP contribution in [0.2, 0.25) is 0 Å². The summed E-state index contributed by atoms with van der Waals surface area (Å²) in [4.78, 5) is 35.0. The predicted octanol–water partition coefficient (Wildman–Crippen LogP) is 1.18. The molecule has 0 aliphatic heterocycles. The molecule has 0 unspecified atom stereocenters. The van der Waals surface area contributed by atoms with E-state index in [1.54, 1.807) is 30.3 Å². The molecular weight excluding hydrogens is 298 g/mol. The van der Waals surface area contributed by atoms with Crippen LogP contribution >= 0.6 is 11.6 Å². The quantitative estimate of drug-likeness (QED) is 0.635. The van der Waals surface area contributed by atoms with Crippen molar-refractivity contribution in [2.45, 2.75) is 0 Å². The van der Waals surface area contributed by atoms with Crippen LogP contribution in [0.25, 0.3) is 0 Å². The van der Waals surface area contributed by atoms with Crippen LogP contribution in [0.1, 0.15) is 26.6 Å². The summed E-state index contributed by atoms with van der Waals surface area (Å²) in [6, 6.07) is 8.18. The van der Waals surface area contributed by atoms with E-state index in [9.17, 15) is 14.4 Å². The molecule has 3 N–H and O–H groups in total. The molecule has 1 heterocycles. The molecule has 0 aliphatic rings. The van der Waals surface area contributed by atoms with Gasteiger partial charge < -0.3 is 15.6 Å². The SMILES string of the molecule is NC(=O)c1noc(C(=O)c2ccccc2)c1NC(=O)CCl. The van der Waals surface area contributed by atoms with Crippen LogP contribution in [-0.2, 0) is 4.79 Å². The molecule has 0 saturated carbocycles. The highest BCUT2D eigenvalue weighted by Gasteiger charge is 2.27. The number of carbonyl (C=O) groups excluding carboxylic acids is 3. The lowest BCUT2D eigenvalue weighted by Crippen LogP contribution is -2.20. The van der Waals surface area contributed by atoms with Gasteiger partial charge in [-0.05, 0) is 0 Å². The van der Waals surface area contributed by atoms with Crippen LogP contribution in [0.15, 0.2) is 34.9 Å². The summed E-state index contributed by atoms with van der Waals surface area (Å²) >= 11 is 5.39. The average Bonchev–Trinajstić information content (AvgIpc) is 2.91. The zero-order valence-electron chi connectivity index (χ0n) is 10.6. The van der Waals surface area contributed by atoms with E-state index in [-0.39, 0.29) is 23.0 Å². The minimum Gasteiger partial charge on any atom is -0.364 e. The Labute approximate surface area is 124 Å². The first-order chi connectivity index (χ1) is 10.0. The summed E-state index contributed by atoms with van der Waals surface area (Å²) in [6.45, 7) is 0. The summed E-state index contributed by atoms with van der Waals surface area (Å²) in [7, 11) is 0. The van der Waals surface area contributed by atoms with Crippen LogP contribution in [-0.4, -0.2) is 28.6 Å². The topological polar surface area (TPSA) is 115 Å². The molecule has 21 heavy (non-hydrogen) atoms. The third kappa shape index (κ3) is 3.09. The molecule has 2 aromatic rings. The van der Waals surface area contributed by atoms with Gasteiger partial charge in [-0.1, -0.05) is 35.5 Å². The fraction of sp³-hybridized carbons (Fsp3) is 0.0769. The monoisotopic (exact) mass is 307 g/mol. The number of nitrogens with one attached hydrogen (secondary N) is 1. The van der Waals surface area contributed by atoms with Gasteiger partial charge in [-0.25, -0.2) is 0 Å². The number of rotatable bonds is 5. The molecule has 0 aliphatic carbocycles. The van der Waals surface area contributed by atoms with E-state index < -0.39 is 17.6 Å². The second-order valence-corrected chi connectivity index (χ2v) is 4.24. The van der Waals surface area contributed by atoms with Crippen LogP contribution in [0, 0.1) is 0 Å². The Balaban J connectivity index is 2.46. The van der Waals surface area contributed by atoms with Crippen LogP contribution in [0.5, 0.6) is 0 Å². The van der Waals surface area contributed by atoms with E-state index in [4.69, 9.17) is 21.9 Å². The minimum absolute atomic E-state index is 0.179. The number of carbonyl (C=O) groups is 3. The molecule has 0 fully saturated rings. The van der Waals surface area contributed by atoms with Crippen molar-refractivity contribution in [1.82, 2.24) is 5.16 Å². The Kier molecular flexibility index (Phi) is 4.34. The first-order valence-electron chi connectivity index (χ1n) is 5.79. The zero-order valence-corrected chi connectivity index (χ0v) is 11.4. The van der Waals surface area contributed by atoms with Crippen LogP contribution < -0.4 is 11.1 Å². The largest absolute Gasteiger partial charge is 0.364 e. The number of benzene rings is 1. The molecule has 0 spiro atoms. The number of anilines is 1. The molecule has 1 aromatic carbocycles. The van der Waals surface area contributed by atoms with Crippen molar-refractivity contribution in [2.75, 3.05) is 11.2 Å². The number of alkyl halides is 1. The molecule has 0 radical (unpaired) electrons. The van der Waals surface area contributed by atoms with Crippen LogP contribution in [0.3, 0.4) is 0 Å². The Hall–Kier alpha value is -2.67. The lowest BCUT2D eigenvalue weighted by Gasteiger charge is -2.03. The standard InChI is InChI=1S/C13H10ClN3O4/c14-6-8(18)16-9-10(13(15)20)17-21-12(9)11(19)7-4-2-1-3-5-7/h1-5H,6H2,(H2,15,20)(H,16,18). The molecule has 0 bridgehead atoms. The summed E-state index contributed by atoms with van der Waals surface area (Å²) in [6.07, 6.45) is 0. The van der Waals surface area contributed by atoms with Gasteiger partial charge in [0.2, 0.25) is 17.5 Å². The van der Waals surface area contributed by atoms with Gasteiger partial charge >= 0.3 is 0 Å². The first kappa shape index (κ1) is 14.7. The number of halogens is 1. The van der Waals surface area contributed by atoms with E-state index in [2.05, 4.69) is 10.5 Å². The molecule has 1 aromatic heterocycles. The second kappa shape index (κ2) is 6.19. The van der Waals surface area contributed by atoms with E-state index in [1.807, 2.05) is 0 Å². The molecule has 108 valence electrons. The normalized spacial score (nSPS) is 10.1. The summed E-state index contributed by atoms with van der Waals surface area (Å²) in [5.41, 5.74) is 4.92. The van der Waals surface area contributed by atoms with Crippen molar-refractivity contribution in [3.8, 4) is 0 Å². The predicted molar refractivity (Wildman–Crippen MR) is 74.2 cm³/mol. The number of hydrogen-bond acceptors (Lipinski definition) is 5. The lowest BCUT2D eigenvalue weighted by molar-refractivity contribution is -0.113. The number of nitrogens with two attached hydrogens (primary N) is 1. The van der Waals surface area contributed by atoms with Crippen molar-refractivity contribution >= 4 is 34.9 Å². The van der Waals surface area contributed by atoms with Gasteiger partial charge in [0.1, 0.15) is 11.6 Å². The smallest absolute Gasteiger partial charge is 0.273 e. The number of aromatic nitrogens is 1. The van der Waals surface area contributed by atoms with Gasteiger partial charge in [0.05, 0.1) is 0 Å². The fourth-order valence-corrected chi connectivity index (χ4v) is 1.69. The number of hydrogen-bond donors (Lipinski definition) is 2. The van der Waals surface area contributed by atoms with Crippen LogP contribution in [0.4, 0.5) is 5.69 Å². The highest BCUT2D eigenvalue weighted by atomic mass is 35.5. The van der Waals surface area contributed by atoms with E-state index in [0.29, 0.717) is 5.56 Å². The van der Waals surface area contributed by atoms with Crippen molar-refractivity contribution in [3.63, 3.8) is 0 Å². The van der Waals surface area contributed by atoms with Gasteiger partial charge in [-0.15, -0.1) is 11.6 Å². The summed E-state index contributed by atoms with van der Waals surface area (Å²) in [5.74, 6) is -2.74. The number of primary amides is 1. The second-order valence-electron chi connectivity index (χ2n) is 3.98. The van der Waals surface area contributed by atoms with Gasteiger partial charge in [-0.2, -0.15) is 0 Å². The molecule has 0 atom stereocenters. The van der Waals surface area contributed by atoms with Crippen molar-refractivity contribution < 1.29 is 18.9 Å². The van der Waals surface area contributed by atoms with Crippen molar-refractivity contribution in [3.05, 3.63) is 47.3 Å². The summed E-state index contributed by atoms with van der Waals surface area (Å²) in [5, 5.41) is 5.71. The van der Waals surface area contributed by atoms with Gasteiger partial charge in [0, 0.05) is 5.56 Å². The highest BCUT2D eigenvalue weighted by Crippen LogP contribution is 2.23. The maximum atomic E-state index is 12.3. The molecular formula is C13H10ClN3O4. The van der Waals surface area contributed by atoms with Gasteiger partial charge in [0.25, 0.3) is 5.91 Å². The van der Waals surface area contributed by atoms with E-state index in [1.165, 1.54) is 0 Å². The molecule has 7 nitrogen and oxygen atoms in total. The first-order valence-corrected chi connectivity index (χ1v) is 6.33. The van der Waals surface area contributed by atoms with Crippen molar-refractivity contribution in [1.29, 1.82) is 0 Å². The highest BCUT2D eigenvalue weighted by molar-refractivity contribution is 6.29. The van der Waals surface area contributed by atoms with E-state index >= 15 is 0 Å². The Morgan fingerprint density at radius 3 is 2.48 bits per heavy atom.